The van der Waals surface area contributed by atoms with Gasteiger partial charge in [-0.2, -0.15) is 0 Å². The largest absolute Gasteiger partial charge is 0.497 e. The van der Waals surface area contributed by atoms with Gasteiger partial charge in [0.1, 0.15) is 71.4 Å². The van der Waals surface area contributed by atoms with Crippen LogP contribution in [0.5, 0.6) is 23.3 Å². The Labute approximate surface area is 651 Å². The van der Waals surface area contributed by atoms with E-state index in [1.165, 1.54) is 22.0 Å². The molecule has 0 spiro atoms. The van der Waals surface area contributed by atoms with E-state index in [1.54, 1.807) is 77.7 Å². The van der Waals surface area contributed by atoms with E-state index in [9.17, 15) is 55.2 Å². The quantitative estimate of drug-likeness (QED) is 0.0295. The van der Waals surface area contributed by atoms with Crippen LogP contribution >= 0.6 is 36.7 Å². The molecule has 4 unspecified atom stereocenters. The van der Waals surface area contributed by atoms with Crippen molar-refractivity contribution in [3.8, 4) is 23.3 Å². The number of rotatable bonds is 25. The van der Waals surface area contributed by atoms with Gasteiger partial charge < -0.3 is 59.5 Å². The van der Waals surface area contributed by atoms with Gasteiger partial charge in [-0.15, -0.1) is 38.0 Å². The number of fused-ring (bicyclic) bond motifs is 2. The maximum atomic E-state index is 14.5. The highest BCUT2D eigenvalue weighted by molar-refractivity contribution is 7.91. The summed E-state index contributed by atoms with van der Waals surface area (Å²) in [5.74, 6) is -3.40. The highest BCUT2D eigenvalue weighted by Crippen LogP contribution is 2.47. The number of aromatic nitrogens is 2. The van der Waals surface area contributed by atoms with E-state index in [1.807, 2.05) is 99.6 Å². The van der Waals surface area contributed by atoms with Gasteiger partial charge in [0.05, 0.1) is 50.3 Å². The number of carbonyl (C=O) groups excluding carboxylic acids is 8. The SMILES string of the molecule is C=C[C@@H]1CC1(NC(=O)[C@@H]1CC(Oc2nccc3cc(OC)ccc23)CN1C(=O)[C@@H](N)C(C)(C)C)C(=O)NS(=O)(=O)C1CC1.C=C[C@@H]1CC1(NC(=O)[C@@H]1CC(Oc2nccc3cc(OC)ccc23)CN1C(=O)[C@@H](NC(=O)OCc1ccccc1)C(C)(C)C)C(=O)NS(=O)(=O)C1CC1.Cl.Cl.O=C(Cc1ccccc1)OCl. The Morgan fingerprint density at radius 2 is 1.04 bits per heavy atom. The lowest BCUT2D eigenvalue weighted by molar-refractivity contribution is -0.143. The molecule has 0 radical (unpaired) electrons. The van der Waals surface area contributed by atoms with Gasteiger partial charge in [0.25, 0.3) is 11.8 Å². The van der Waals surface area contributed by atoms with Gasteiger partial charge in [-0.25, -0.2) is 31.6 Å². The highest BCUT2D eigenvalue weighted by Gasteiger charge is 2.64. The van der Waals surface area contributed by atoms with Gasteiger partial charge >= 0.3 is 12.1 Å². The number of benzene rings is 4. The molecule has 12 rings (SSSR count). The van der Waals surface area contributed by atoms with E-state index < -0.39 is 148 Å². The minimum atomic E-state index is -3.90. The van der Waals surface area contributed by atoms with E-state index >= 15 is 0 Å². The number of nitrogens with two attached hydrogens (primary N) is 1. The van der Waals surface area contributed by atoms with Crippen LogP contribution in [0.25, 0.3) is 21.5 Å². The number of halogens is 3. The standard InChI is InChI=1S/C38H45N5O9S.C30H39N5O7S.C8H7ClO2.2ClH/c1-6-25-20-38(25,35(46)42-53(48,49)28-13-14-28)41-32(44)30-19-27(52-33-29-15-12-26(50-5)18-24(29)16-17-39-33)21-43(30)34(45)31(37(2,3)4)40-36(47)51-22-23-10-8-7-9-11-23;1-6-18-15-30(18,28(38)34-43(39,40)21-8-9-21)33-25(36)23-14-20(16-35(23)27(37)24(31)29(2,3)4)42-26-22-10-7-19(41-5)13-17(22)11-12-32-26;9-11-8(10)6-7-4-2-1-3-5-7;;/h6-12,15-18,25,27-28,30-31H,1,13-14,19-22H2,2-5H3,(H,40,47)(H,41,44)(H,42,46);6-7,10-13,18,20-21,23-24H,1,8-9,14-16,31H2,2-5H3,(H,33,36)(H,34,38);1-5H,6H2;2*1H/t25-,27?,30+,31-,38?;18-,20?,23+,24-,30?;;;/m11.../s1. The molecule has 2 aromatic heterocycles. The average molecular weight is 1610 g/mol. The first-order valence-electron chi connectivity index (χ1n) is 35.1. The van der Waals surface area contributed by atoms with Crippen LogP contribution in [0, 0.1) is 22.7 Å². The van der Waals surface area contributed by atoms with Crippen LogP contribution in [-0.2, 0) is 75.7 Å². The first-order valence-corrected chi connectivity index (χ1v) is 38.5. The van der Waals surface area contributed by atoms with E-state index in [0.717, 1.165) is 27.3 Å². The molecule has 28 nitrogen and oxygen atoms in total. The average Bonchev–Trinajstić information content (AvgIpc) is 1.56. The van der Waals surface area contributed by atoms with Crippen LogP contribution in [0.15, 0.2) is 147 Å². The van der Waals surface area contributed by atoms with Crippen LogP contribution in [0.4, 0.5) is 4.79 Å². The van der Waals surface area contributed by atoms with Gasteiger partial charge in [0.15, 0.2) is 0 Å². The van der Waals surface area contributed by atoms with Crippen molar-refractivity contribution in [3.63, 3.8) is 0 Å². The number of hydrogen-bond acceptors (Lipinski definition) is 21. The monoisotopic (exact) mass is 1600 g/mol. The predicted octanol–water partition coefficient (Wildman–Crippen LogP) is 8.01. The molecule has 2 aliphatic heterocycles. The third kappa shape index (κ3) is 20.6. The number of nitrogens with one attached hydrogen (secondary N) is 5. The second-order valence-electron chi connectivity index (χ2n) is 29.7. The van der Waals surface area contributed by atoms with Crippen molar-refractivity contribution in [2.75, 3.05) is 27.3 Å². The molecule has 4 aliphatic carbocycles. The molecular formula is C76H93Cl3N10O18S2. The van der Waals surface area contributed by atoms with E-state index in [2.05, 4.69) is 52.8 Å². The van der Waals surface area contributed by atoms with Gasteiger partial charge in [-0.05, 0) is 120 Å². The summed E-state index contributed by atoms with van der Waals surface area (Å²) in [6, 6.07) is 28.7. The fraction of sp³-hybridized carbons (Fsp3) is 0.447. The van der Waals surface area contributed by atoms with Gasteiger partial charge in [0.2, 0.25) is 55.4 Å². The summed E-state index contributed by atoms with van der Waals surface area (Å²) < 4.78 is 87.4. The van der Waals surface area contributed by atoms with Crippen LogP contribution in [0.1, 0.15) is 104 Å². The first kappa shape index (κ1) is 85.3. The Kier molecular flexibility index (Phi) is 27.5. The van der Waals surface area contributed by atoms with Crippen LogP contribution in [0.3, 0.4) is 0 Å². The third-order valence-electron chi connectivity index (χ3n) is 19.7. The van der Waals surface area contributed by atoms with Crippen molar-refractivity contribution in [2.45, 2.75) is 164 Å². The summed E-state index contributed by atoms with van der Waals surface area (Å²) >= 11 is 4.85. The smallest absolute Gasteiger partial charge is 0.408 e. The number of amides is 7. The molecule has 4 heterocycles. The number of ether oxygens (including phenoxy) is 5. The number of pyridine rings is 2. The lowest BCUT2D eigenvalue weighted by Gasteiger charge is -2.35. The Balaban J connectivity index is 0.000000240. The van der Waals surface area contributed by atoms with Crippen molar-refractivity contribution in [2.24, 2.45) is 28.4 Å². The molecule has 4 aromatic carbocycles. The van der Waals surface area contributed by atoms with E-state index in [0.29, 0.717) is 48.4 Å². The number of sulfonamides is 2. The molecule has 7 amide bonds. The summed E-state index contributed by atoms with van der Waals surface area (Å²) in [5.41, 5.74) is 3.55. The summed E-state index contributed by atoms with van der Waals surface area (Å²) in [6.45, 7) is 18.3. The van der Waals surface area contributed by atoms with Crippen molar-refractivity contribution in [1.82, 2.24) is 45.2 Å². The Morgan fingerprint density at radius 1 is 0.615 bits per heavy atom. The van der Waals surface area contributed by atoms with Crippen LogP contribution in [-0.4, -0.2) is 169 Å². The van der Waals surface area contributed by atoms with Gasteiger partial charge in [0, 0.05) is 47.8 Å². The summed E-state index contributed by atoms with van der Waals surface area (Å²) in [5, 5.41) is 10.1. The highest BCUT2D eigenvalue weighted by atomic mass is 35.5. The fourth-order valence-corrected chi connectivity index (χ4v) is 15.6. The lowest BCUT2D eigenvalue weighted by atomic mass is 9.85. The van der Waals surface area contributed by atoms with Gasteiger partial charge in [-0.1, -0.05) is 114 Å². The second-order valence-corrected chi connectivity index (χ2v) is 33.8. The molecule has 2 saturated heterocycles. The maximum absolute atomic E-state index is 14.5. The summed E-state index contributed by atoms with van der Waals surface area (Å²) in [4.78, 5) is 118. The number of hydrogen-bond donors (Lipinski definition) is 6. The Bertz CT molecular complexity index is 4610. The van der Waals surface area contributed by atoms with E-state index in [-0.39, 0.29) is 82.5 Å². The van der Waals surface area contributed by atoms with Crippen molar-refractivity contribution in [1.29, 1.82) is 0 Å². The number of carbonyl (C=O) groups is 8. The maximum Gasteiger partial charge on any atom is 0.408 e. The third-order valence-corrected chi connectivity index (χ3v) is 23.5. The number of likely N-dealkylation sites (tertiary alicyclic amines) is 2. The zero-order valence-corrected chi connectivity index (χ0v) is 65.6. The molecule has 6 aromatic rings. The molecule has 588 valence electrons. The van der Waals surface area contributed by atoms with E-state index in [4.69, 9.17) is 41.3 Å². The van der Waals surface area contributed by atoms with Crippen molar-refractivity contribution >= 4 is 126 Å². The lowest BCUT2D eigenvalue weighted by Crippen LogP contribution is -2.60. The normalized spacial score (nSPS) is 22.4. The molecule has 6 fully saturated rings. The van der Waals surface area contributed by atoms with Crippen LogP contribution < -0.4 is 50.1 Å². The van der Waals surface area contributed by atoms with Crippen molar-refractivity contribution < 1.29 is 83.2 Å². The van der Waals surface area contributed by atoms with Gasteiger partial charge in [-0.3, -0.25) is 43.0 Å². The number of methoxy groups -OCH3 is 2. The molecule has 4 saturated carbocycles. The molecule has 6 aliphatic rings. The number of alkyl carbamates (subject to hydrolysis) is 1. The molecule has 33 heteroatoms. The predicted molar refractivity (Wildman–Crippen MR) is 411 cm³/mol. The Morgan fingerprint density at radius 3 is 1.41 bits per heavy atom. The zero-order valence-electron chi connectivity index (χ0n) is 61.6. The summed E-state index contributed by atoms with van der Waals surface area (Å²) in [6.07, 6.45) is 6.61. The minimum absolute atomic E-state index is 0. The summed E-state index contributed by atoms with van der Waals surface area (Å²) in [7, 11) is -4.59. The zero-order chi connectivity index (χ0) is 77.6. The van der Waals surface area contributed by atoms with Crippen molar-refractivity contribution in [3.05, 3.63) is 158 Å². The molecular weight excluding hydrogens is 1510 g/mol. The second kappa shape index (κ2) is 35.1. The topological polar surface area (TPSA) is 379 Å². The molecule has 7 N–H and O–H groups in total. The fourth-order valence-electron chi connectivity index (χ4n) is 12.8. The first-order chi connectivity index (χ1) is 50.7. The van der Waals surface area contributed by atoms with Crippen LogP contribution in [0.2, 0.25) is 0 Å². The number of nitrogens with zero attached hydrogens (tertiary/aromatic N) is 4. The Hall–Kier alpha value is -9.33. The minimum Gasteiger partial charge on any atom is -0.497 e. The molecule has 109 heavy (non-hydrogen) atoms. The molecule has 10 atom stereocenters. The molecule has 0 bridgehead atoms.